The van der Waals surface area contributed by atoms with Crippen LogP contribution >= 0.6 is 0 Å². The minimum Gasteiger partial charge on any atom is -0.495 e. The van der Waals surface area contributed by atoms with E-state index in [0.717, 1.165) is 62.3 Å². The number of guanidine groups is 1. The first-order valence-electron chi connectivity index (χ1n) is 8.67. The fourth-order valence-electron chi connectivity index (χ4n) is 3.13. The number of hydrogen-bond acceptors (Lipinski definition) is 4. The van der Waals surface area contributed by atoms with Crippen molar-refractivity contribution in [2.45, 2.75) is 6.42 Å². The lowest BCUT2D eigenvalue weighted by Gasteiger charge is -2.38. The van der Waals surface area contributed by atoms with E-state index in [9.17, 15) is 0 Å². The number of aliphatic imine (C=N–C) groups is 1. The Balaban J connectivity index is 1.51. The SMILES string of the molecule is CN=C(NCCc1ccco1)N1CCN(c2ccccc2OC)CC1. The van der Waals surface area contributed by atoms with E-state index in [1.54, 1.807) is 13.4 Å². The monoisotopic (exact) mass is 342 g/mol. The van der Waals surface area contributed by atoms with Crippen LogP contribution in [0.4, 0.5) is 5.69 Å². The van der Waals surface area contributed by atoms with E-state index in [-0.39, 0.29) is 0 Å². The number of para-hydroxylation sites is 2. The molecule has 0 aliphatic carbocycles. The molecule has 1 aliphatic heterocycles. The number of hydrogen-bond donors (Lipinski definition) is 1. The van der Waals surface area contributed by atoms with Gasteiger partial charge in [0.1, 0.15) is 11.5 Å². The second kappa shape index (κ2) is 8.46. The van der Waals surface area contributed by atoms with E-state index in [2.05, 4.69) is 32.2 Å². The minimum atomic E-state index is 0.812. The lowest BCUT2D eigenvalue weighted by molar-refractivity contribution is 0.367. The molecule has 6 nitrogen and oxygen atoms in total. The van der Waals surface area contributed by atoms with E-state index in [4.69, 9.17) is 9.15 Å². The molecule has 0 radical (unpaired) electrons. The molecule has 1 aromatic carbocycles. The van der Waals surface area contributed by atoms with Gasteiger partial charge in [0.15, 0.2) is 5.96 Å². The van der Waals surface area contributed by atoms with Gasteiger partial charge < -0.3 is 24.3 Å². The molecule has 134 valence electrons. The number of rotatable bonds is 5. The van der Waals surface area contributed by atoms with Crippen LogP contribution in [0.1, 0.15) is 5.76 Å². The summed E-state index contributed by atoms with van der Waals surface area (Å²) in [6.45, 7) is 4.56. The molecule has 0 unspecified atom stereocenters. The lowest BCUT2D eigenvalue weighted by Crippen LogP contribution is -2.52. The molecule has 2 aromatic rings. The molecule has 25 heavy (non-hydrogen) atoms. The maximum Gasteiger partial charge on any atom is 0.193 e. The summed E-state index contributed by atoms with van der Waals surface area (Å²) >= 11 is 0. The second-order valence-electron chi connectivity index (χ2n) is 5.95. The number of methoxy groups -OCH3 is 1. The number of nitrogens with one attached hydrogen (secondary N) is 1. The summed E-state index contributed by atoms with van der Waals surface area (Å²) in [6, 6.07) is 12.1. The third-order valence-electron chi connectivity index (χ3n) is 4.45. The Morgan fingerprint density at radius 2 is 1.96 bits per heavy atom. The predicted octanol–water partition coefficient (Wildman–Crippen LogP) is 2.23. The maximum absolute atomic E-state index is 5.48. The summed E-state index contributed by atoms with van der Waals surface area (Å²) in [4.78, 5) is 9.09. The second-order valence-corrected chi connectivity index (χ2v) is 5.95. The third kappa shape index (κ3) is 4.26. The number of piperazine rings is 1. The summed E-state index contributed by atoms with van der Waals surface area (Å²) in [5.74, 6) is 2.87. The molecule has 6 heteroatoms. The largest absolute Gasteiger partial charge is 0.495 e. The molecular weight excluding hydrogens is 316 g/mol. The van der Waals surface area contributed by atoms with Gasteiger partial charge in [-0.1, -0.05) is 12.1 Å². The van der Waals surface area contributed by atoms with Gasteiger partial charge in [-0.25, -0.2) is 0 Å². The topological polar surface area (TPSA) is 53.2 Å². The first-order valence-corrected chi connectivity index (χ1v) is 8.67. The average Bonchev–Trinajstić information content (AvgIpc) is 3.19. The first kappa shape index (κ1) is 17.2. The van der Waals surface area contributed by atoms with Gasteiger partial charge in [-0.3, -0.25) is 4.99 Å². The van der Waals surface area contributed by atoms with E-state index < -0.39 is 0 Å². The quantitative estimate of drug-likeness (QED) is 0.667. The van der Waals surface area contributed by atoms with E-state index in [1.807, 2.05) is 31.3 Å². The van der Waals surface area contributed by atoms with Crippen LogP contribution in [0.2, 0.25) is 0 Å². The van der Waals surface area contributed by atoms with Crippen LogP contribution in [-0.4, -0.2) is 57.7 Å². The normalized spacial score (nSPS) is 15.4. The first-order chi connectivity index (χ1) is 12.3. The highest BCUT2D eigenvalue weighted by Gasteiger charge is 2.21. The smallest absolute Gasteiger partial charge is 0.193 e. The molecule has 0 atom stereocenters. The Hall–Kier alpha value is -2.63. The number of benzene rings is 1. The van der Waals surface area contributed by atoms with E-state index >= 15 is 0 Å². The highest BCUT2D eigenvalue weighted by molar-refractivity contribution is 5.80. The number of anilines is 1. The lowest BCUT2D eigenvalue weighted by atomic mass is 10.2. The number of furan rings is 1. The zero-order chi connectivity index (χ0) is 17.5. The summed E-state index contributed by atoms with van der Waals surface area (Å²) in [6.07, 6.45) is 2.56. The summed E-state index contributed by atoms with van der Waals surface area (Å²) in [7, 11) is 3.56. The van der Waals surface area contributed by atoms with E-state index in [0.29, 0.717) is 0 Å². The van der Waals surface area contributed by atoms with Gasteiger partial charge >= 0.3 is 0 Å². The third-order valence-corrected chi connectivity index (χ3v) is 4.45. The van der Waals surface area contributed by atoms with Crippen LogP contribution in [-0.2, 0) is 6.42 Å². The van der Waals surface area contributed by atoms with Gasteiger partial charge in [0.2, 0.25) is 0 Å². The summed E-state index contributed by atoms with van der Waals surface area (Å²) in [5.41, 5.74) is 1.16. The zero-order valence-corrected chi connectivity index (χ0v) is 14.9. The highest BCUT2D eigenvalue weighted by Crippen LogP contribution is 2.28. The Morgan fingerprint density at radius 3 is 2.64 bits per heavy atom. The van der Waals surface area contributed by atoms with Crippen molar-refractivity contribution in [3.8, 4) is 5.75 Å². The van der Waals surface area contributed by atoms with Gasteiger partial charge in [-0.15, -0.1) is 0 Å². The van der Waals surface area contributed by atoms with Crippen LogP contribution in [0.15, 0.2) is 52.1 Å². The van der Waals surface area contributed by atoms with Gasteiger partial charge in [-0.05, 0) is 24.3 Å². The van der Waals surface area contributed by atoms with Crippen LogP contribution < -0.4 is 15.0 Å². The van der Waals surface area contributed by atoms with Gasteiger partial charge in [0, 0.05) is 46.2 Å². The fraction of sp³-hybridized carbons (Fsp3) is 0.421. The average molecular weight is 342 g/mol. The molecule has 1 aliphatic rings. The van der Waals surface area contributed by atoms with Gasteiger partial charge in [0.05, 0.1) is 19.1 Å². The molecule has 0 amide bonds. The summed E-state index contributed by atoms with van der Waals surface area (Å²) in [5, 5.41) is 3.43. The molecule has 1 saturated heterocycles. The Labute approximate surface area is 149 Å². The Bertz CT molecular complexity index is 676. The standard InChI is InChI=1S/C19H26N4O2/c1-20-19(21-10-9-16-6-5-15-25-16)23-13-11-22(12-14-23)17-7-3-4-8-18(17)24-2/h3-8,15H,9-14H2,1-2H3,(H,20,21). The molecule has 1 N–H and O–H groups in total. The van der Waals surface area contributed by atoms with Gasteiger partial charge in [0.25, 0.3) is 0 Å². The molecule has 0 spiro atoms. The van der Waals surface area contributed by atoms with Crippen molar-refractivity contribution in [1.29, 1.82) is 0 Å². The summed E-state index contributed by atoms with van der Waals surface area (Å²) < 4.78 is 10.8. The van der Waals surface area contributed by atoms with Crippen LogP contribution in [0.3, 0.4) is 0 Å². The molecule has 1 aromatic heterocycles. The molecule has 3 rings (SSSR count). The van der Waals surface area contributed by atoms with Crippen LogP contribution in [0.25, 0.3) is 0 Å². The molecule has 0 saturated carbocycles. The Morgan fingerprint density at radius 1 is 1.16 bits per heavy atom. The molecular formula is C19H26N4O2. The minimum absolute atomic E-state index is 0.812. The molecule has 1 fully saturated rings. The number of ether oxygens (including phenoxy) is 1. The van der Waals surface area contributed by atoms with Crippen molar-refractivity contribution in [1.82, 2.24) is 10.2 Å². The van der Waals surface area contributed by atoms with Crippen LogP contribution in [0, 0.1) is 0 Å². The van der Waals surface area contributed by atoms with Crippen LogP contribution in [0.5, 0.6) is 5.75 Å². The van der Waals surface area contributed by atoms with Gasteiger partial charge in [-0.2, -0.15) is 0 Å². The zero-order valence-electron chi connectivity index (χ0n) is 14.9. The van der Waals surface area contributed by atoms with Crippen molar-refractivity contribution < 1.29 is 9.15 Å². The highest BCUT2D eigenvalue weighted by atomic mass is 16.5. The molecule has 0 bridgehead atoms. The van der Waals surface area contributed by atoms with Crippen molar-refractivity contribution in [2.75, 3.05) is 51.8 Å². The van der Waals surface area contributed by atoms with Crippen molar-refractivity contribution in [2.24, 2.45) is 4.99 Å². The molecule has 2 heterocycles. The Kier molecular flexibility index (Phi) is 5.82. The number of nitrogens with zero attached hydrogens (tertiary/aromatic N) is 3. The predicted molar refractivity (Wildman–Crippen MR) is 101 cm³/mol. The maximum atomic E-state index is 5.48. The van der Waals surface area contributed by atoms with Crippen molar-refractivity contribution in [3.63, 3.8) is 0 Å². The van der Waals surface area contributed by atoms with Crippen molar-refractivity contribution in [3.05, 3.63) is 48.4 Å². The van der Waals surface area contributed by atoms with E-state index in [1.165, 1.54) is 0 Å². The van der Waals surface area contributed by atoms with Crippen molar-refractivity contribution >= 4 is 11.6 Å². The fourth-order valence-corrected chi connectivity index (χ4v) is 3.13.